The SMILES string of the molecule is CCCCOCC1(C)CC(c2cccc(C#N)c2)=NO1. The van der Waals surface area contributed by atoms with Crippen molar-refractivity contribution in [3.8, 4) is 6.07 Å². The molecule has 1 aromatic carbocycles. The molecule has 2 rings (SSSR count). The van der Waals surface area contributed by atoms with E-state index in [1.165, 1.54) is 0 Å². The predicted molar refractivity (Wildman–Crippen MR) is 77.5 cm³/mol. The first-order chi connectivity index (χ1) is 9.67. The highest BCUT2D eigenvalue weighted by Crippen LogP contribution is 2.27. The number of ether oxygens (including phenoxy) is 1. The van der Waals surface area contributed by atoms with Crippen molar-refractivity contribution in [2.75, 3.05) is 13.2 Å². The number of nitrogens with zero attached hydrogens (tertiary/aromatic N) is 2. The second-order valence-electron chi connectivity index (χ2n) is 5.35. The Bertz CT molecular complexity index is 534. The van der Waals surface area contributed by atoms with Gasteiger partial charge in [-0.15, -0.1) is 0 Å². The van der Waals surface area contributed by atoms with Crippen molar-refractivity contribution in [1.82, 2.24) is 0 Å². The lowest BCUT2D eigenvalue weighted by Crippen LogP contribution is -2.31. The number of unbranched alkanes of at least 4 members (excludes halogenated alkanes) is 1. The van der Waals surface area contributed by atoms with Crippen molar-refractivity contribution in [1.29, 1.82) is 5.26 Å². The van der Waals surface area contributed by atoms with E-state index < -0.39 is 5.60 Å². The Morgan fingerprint density at radius 2 is 2.35 bits per heavy atom. The number of benzene rings is 1. The molecule has 1 atom stereocenters. The maximum absolute atomic E-state index is 8.93. The normalized spacial score (nSPS) is 21.1. The van der Waals surface area contributed by atoms with E-state index in [9.17, 15) is 0 Å². The van der Waals surface area contributed by atoms with Gasteiger partial charge in [-0.25, -0.2) is 0 Å². The smallest absolute Gasteiger partial charge is 0.163 e. The molecular weight excluding hydrogens is 252 g/mol. The Balaban J connectivity index is 1.95. The molecule has 0 fully saturated rings. The lowest BCUT2D eigenvalue weighted by atomic mass is 9.96. The first-order valence-electron chi connectivity index (χ1n) is 7.00. The largest absolute Gasteiger partial charge is 0.386 e. The third kappa shape index (κ3) is 3.58. The van der Waals surface area contributed by atoms with Crippen LogP contribution in [0.15, 0.2) is 29.4 Å². The number of hydrogen-bond donors (Lipinski definition) is 0. The Morgan fingerprint density at radius 1 is 1.50 bits per heavy atom. The van der Waals surface area contributed by atoms with E-state index in [4.69, 9.17) is 14.8 Å². The lowest BCUT2D eigenvalue weighted by Gasteiger charge is -2.21. The Hall–Kier alpha value is -1.86. The molecule has 0 bridgehead atoms. The highest BCUT2D eigenvalue weighted by Gasteiger charge is 2.35. The lowest BCUT2D eigenvalue weighted by molar-refractivity contribution is -0.0670. The average Bonchev–Trinajstić information content (AvgIpc) is 2.87. The number of oxime groups is 1. The monoisotopic (exact) mass is 272 g/mol. The van der Waals surface area contributed by atoms with Gasteiger partial charge in [-0.05, 0) is 25.5 Å². The van der Waals surface area contributed by atoms with E-state index >= 15 is 0 Å². The molecule has 1 unspecified atom stereocenters. The standard InChI is InChI=1S/C16H20N2O2/c1-3-4-8-19-12-16(2)10-15(18-20-16)14-7-5-6-13(9-14)11-17/h5-7,9H,3-4,8,10,12H2,1-2H3. The quantitative estimate of drug-likeness (QED) is 0.747. The van der Waals surface area contributed by atoms with Crippen molar-refractivity contribution in [3.05, 3.63) is 35.4 Å². The zero-order valence-corrected chi connectivity index (χ0v) is 12.1. The highest BCUT2D eigenvalue weighted by atomic mass is 16.7. The zero-order chi connectivity index (χ0) is 14.4. The van der Waals surface area contributed by atoms with Gasteiger partial charge >= 0.3 is 0 Å². The molecule has 1 heterocycles. The van der Waals surface area contributed by atoms with Crippen LogP contribution in [0, 0.1) is 11.3 Å². The Kier molecular flexibility index (Phi) is 4.75. The van der Waals surface area contributed by atoms with Crippen LogP contribution in [0.3, 0.4) is 0 Å². The van der Waals surface area contributed by atoms with Crippen LogP contribution in [0.4, 0.5) is 0 Å². The highest BCUT2D eigenvalue weighted by molar-refractivity contribution is 6.01. The molecule has 0 amide bonds. The molecular formula is C16H20N2O2. The van der Waals surface area contributed by atoms with Gasteiger partial charge in [-0.3, -0.25) is 0 Å². The van der Waals surface area contributed by atoms with Crippen LogP contribution in [-0.2, 0) is 9.57 Å². The summed E-state index contributed by atoms with van der Waals surface area (Å²) >= 11 is 0. The van der Waals surface area contributed by atoms with Crippen LogP contribution in [0.1, 0.15) is 44.2 Å². The number of hydrogen-bond acceptors (Lipinski definition) is 4. The van der Waals surface area contributed by atoms with E-state index in [0.29, 0.717) is 18.6 Å². The first-order valence-corrected chi connectivity index (χ1v) is 7.00. The number of nitriles is 1. The summed E-state index contributed by atoms with van der Waals surface area (Å²) in [6.07, 6.45) is 2.89. The summed E-state index contributed by atoms with van der Waals surface area (Å²) in [4.78, 5) is 5.54. The minimum Gasteiger partial charge on any atom is -0.386 e. The maximum atomic E-state index is 8.93. The molecule has 0 spiro atoms. The fraction of sp³-hybridized carbons (Fsp3) is 0.500. The molecule has 1 aliphatic heterocycles. The van der Waals surface area contributed by atoms with Crippen LogP contribution in [0.2, 0.25) is 0 Å². The summed E-state index contributed by atoms with van der Waals surface area (Å²) in [6, 6.07) is 9.58. The fourth-order valence-electron chi connectivity index (χ4n) is 2.12. The molecule has 4 nitrogen and oxygen atoms in total. The van der Waals surface area contributed by atoms with Gasteiger partial charge in [0.25, 0.3) is 0 Å². The van der Waals surface area contributed by atoms with Gasteiger partial charge in [0.15, 0.2) is 5.60 Å². The second kappa shape index (κ2) is 6.53. The van der Waals surface area contributed by atoms with Crippen LogP contribution in [0.25, 0.3) is 0 Å². The molecule has 0 saturated heterocycles. The van der Waals surface area contributed by atoms with E-state index in [1.54, 1.807) is 6.07 Å². The van der Waals surface area contributed by atoms with Crippen LogP contribution in [-0.4, -0.2) is 24.5 Å². The van der Waals surface area contributed by atoms with Gasteiger partial charge in [-0.2, -0.15) is 5.26 Å². The molecule has 20 heavy (non-hydrogen) atoms. The Morgan fingerprint density at radius 3 is 3.10 bits per heavy atom. The first kappa shape index (κ1) is 14.5. The minimum atomic E-state index is -0.397. The molecule has 0 radical (unpaired) electrons. The minimum absolute atomic E-state index is 0.397. The summed E-state index contributed by atoms with van der Waals surface area (Å²) in [6.45, 7) is 5.44. The van der Waals surface area contributed by atoms with Crippen molar-refractivity contribution in [3.63, 3.8) is 0 Å². The molecule has 106 valence electrons. The molecule has 0 saturated carbocycles. The van der Waals surface area contributed by atoms with Crippen LogP contribution < -0.4 is 0 Å². The number of rotatable bonds is 6. The maximum Gasteiger partial charge on any atom is 0.163 e. The summed E-state index contributed by atoms with van der Waals surface area (Å²) in [5, 5.41) is 13.1. The average molecular weight is 272 g/mol. The van der Waals surface area contributed by atoms with Gasteiger partial charge in [0.2, 0.25) is 0 Å². The molecule has 0 aliphatic carbocycles. The molecule has 0 N–H and O–H groups in total. The summed E-state index contributed by atoms with van der Waals surface area (Å²) in [5.41, 5.74) is 2.06. The molecule has 1 aliphatic rings. The van der Waals surface area contributed by atoms with Crippen molar-refractivity contribution in [2.45, 2.75) is 38.7 Å². The van der Waals surface area contributed by atoms with E-state index in [-0.39, 0.29) is 0 Å². The predicted octanol–water partition coefficient (Wildman–Crippen LogP) is 3.26. The van der Waals surface area contributed by atoms with Gasteiger partial charge in [-0.1, -0.05) is 30.6 Å². The topological polar surface area (TPSA) is 54.6 Å². The third-order valence-electron chi connectivity index (χ3n) is 3.29. The third-order valence-corrected chi connectivity index (χ3v) is 3.29. The molecule has 1 aromatic rings. The summed E-state index contributed by atoms with van der Waals surface area (Å²) in [5.74, 6) is 0. The summed E-state index contributed by atoms with van der Waals surface area (Å²) in [7, 11) is 0. The Labute approximate surface area is 120 Å². The van der Waals surface area contributed by atoms with Gasteiger partial charge in [0.05, 0.1) is 24.0 Å². The van der Waals surface area contributed by atoms with Crippen LogP contribution in [0.5, 0.6) is 0 Å². The van der Waals surface area contributed by atoms with Gasteiger partial charge < -0.3 is 9.57 Å². The summed E-state index contributed by atoms with van der Waals surface area (Å²) < 4.78 is 5.64. The van der Waals surface area contributed by atoms with Crippen molar-refractivity contribution >= 4 is 5.71 Å². The van der Waals surface area contributed by atoms with Crippen LogP contribution >= 0.6 is 0 Å². The van der Waals surface area contributed by atoms with Gasteiger partial charge in [0.1, 0.15) is 0 Å². The van der Waals surface area contributed by atoms with Gasteiger partial charge in [0, 0.05) is 18.6 Å². The van der Waals surface area contributed by atoms with Crippen molar-refractivity contribution < 1.29 is 9.57 Å². The second-order valence-corrected chi connectivity index (χ2v) is 5.35. The fourth-order valence-corrected chi connectivity index (χ4v) is 2.12. The van der Waals surface area contributed by atoms with Crippen molar-refractivity contribution in [2.24, 2.45) is 5.16 Å². The van der Waals surface area contributed by atoms with E-state index in [2.05, 4.69) is 18.1 Å². The molecule has 0 aromatic heterocycles. The molecule has 4 heteroatoms. The zero-order valence-electron chi connectivity index (χ0n) is 12.1. The van der Waals surface area contributed by atoms with E-state index in [1.807, 2.05) is 25.1 Å². The van der Waals surface area contributed by atoms with E-state index in [0.717, 1.165) is 30.7 Å².